The van der Waals surface area contributed by atoms with E-state index in [9.17, 15) is 23.2 Å². The number of hydrogen-bond acceptors (Lipinski definition) is 11. The van der Waals surface area contributed by atoms with Crippen molar-refractivity contribution >= 4 is 30.7 Å². The van der Waals surface area contributed by atoms with Crippen LogP contribution in [-0.4, -0.2) is 80.7 Å². The van der Waals surface area contributed by atoms with Gasteiger partial charge in [0.1, 0.15) is 35.8 Å². The van der Waals surface area contributed by atoms with Crippen LogP contribution in [0.2, 0.25) is 0 Å². The van der Waals surface area contributed by atoms with Gasteiger partial charge in [-0.25, -0.2) is 32.7 Å². The highest BCUT2D eigenvalue weighted by Gasteiger charge is 2.64. The average Bonchev–Trinajstić information content (AvgIpc) is 3.46. The molecule has 0 bridgehead atoms. The number of aromatic nitrogens is 4. The topological polar surface area (TPSA) is 159 Å². The highest BCUT2D eigenvalue weighted by molar-refractivity contribution is 7.52. The van der Waals surface area contributed by atoms with Crippen LogP contribution in [0.25, 0.3) is 11.2 Å². The first-order valence-corrected chi connectivity index (χ1v) is 14.1. The van der Waals surface area contributed by atoms with Gasteiger partial charge in [-0.05, 0) is 32.9 Å². The van der Waals surface area contributed by atoms with Gasteiger partial charge < -0.3 is 24.4 Å². The summed E-state index contributed by atoms with van der Waals surface area (Å²) in [7, 11) is -2.92. The third-order valence-electron chi connectivity index (χ3n) is 6.11. The standard InChI is InChI=1S/C24H30F3N6O7P/c1-13(2)38-21(35)14(3)32-41(36,40-15-8-6-5-7-9-15)37-10-16-18(34)24(27,22(25)26)23(39-16)33-12-31-17-19(28-4)29-11-30-20(17)33/h5-9,11-14,16,18,22-23,34H,10H2,1-4H3,(H,32,36)(H,28,29,30)/t14-,16-,18-,23-,24+,41+/m1/s1. The van der Waals surface area contributed by atoms with Crippen molar-refractivity contribution in [2.24, 2.45) is 0 Å². The van der Waals surface area contributed by atoms with Crippen molar-refractivity contribution in [2.45, 2.75) is 63.4 Å². The van der Waals surface area contributed by atoms with Crippen LogP contribution in [0.5, 0.6) is 5.75 Å². The summed E-state index contributed by atoms with van der Waals surface area (Å²) in [4.78, 5) is 24.4. The summed E-state index contributed by atoms with van der Waals surface area (Å²) in [5, 5.41) is 15.9. The van der Waals surface area contributed by atoms with E-state index >= 15 is 4.39 Å². The first-order valence-electron chi connectivity index (χ1n) is 12.5. The first-order chi connectivity index (χ1) is 19.4. The third kappa shape index (κ3) is 6.31. The van der Waals surface area contributed by atoms with Crippen LogP contribution >= 0.6 is 7.75 Å². The van der Waals surface area contributed by atoms with Gasteiger partial charge in [0.05, 0.1) is 19.0 Å². The molecule has 3 heterocycles. The Morgan fingerprint density at radius 1 is 1.22 bits per heavy atom. The second-order valence-corrected chi connectivity index (χ2v) is 11.1. The maximum absolute atomic E-state index is 16.0. The lowest BCUT2D eigenvalue weighted by Crippen LogP contribution is -2.49. The SMILES string of the molecule is CNc1ncnc2c1ncn2[C@@H]1O[C@H](CO[P@@](=O)(N[C@H](C)C(=O)OC(C)C)Oc2ccccc2)[C@@H](O)[C@]1(F)C(F)F. The number of aliphatic hydroxyl groups is 1. The fourth-order valence-corrected chi connectivity index (χ4v) is 5.64. The number of fused-ring (bicyclic) bond motifs is 1. The molecule has 0 spiro atoms. The van der Waals surface area contributed by atoms with Gasteiger partial charge in [0, 0.05) is 7.05 Å². The van der Waals surface area contributed by atoms with Crippen LogP contribution in [0, 0.1) is 0 Å². The number of ether oxygens (including phenoxy) is 2. The lowest BCUT2D eigenvalue weighted by Gasteiger charge is -2.28. The molecule has 3 N–H and O–H groups in total. The van der Waals surface area contributed by atoms with Gasteiger partial charge in [-0.15, -0.1) is 0 Å². The molecule has 0 aliphatic carbocycles. The van der Waals surface area contributed by atoms with Crippen molar-refractivity contribution in [1.82, 2.24) is 24.6 Å². The quantitative estimate of drug-likeness (QED) is 0.206. The van der Waals surface area contributed by atoms with Crippen LogP contribution in [-0.2, 0) is 23.4 Å². The summed E-state index contributed by atoms with van der Waals surface area (Å²) in [5.74, 6) is -0.437. The molecule has 2 aromatic heterocycles. The maximum Gasteiger partial charge on any atom is 0.459 e. The molecule has 1 saturated heterocycles. The molecule has 41 heavy (non-hydrogen) atoms. The largest absolute Gasteiger partial charge is 0.462 e. The van der Waals surface area contributed by atoms with E-state index in [2.05, 4.69) is 25.4 Å². The summed E-state index contributed by atoms with van der Waals surface area (Å²) in [6, 6.07) is 6.56. The molecule has 3 aromatic rings. The van der Waals surface area contributed by atoms with Crippen LogP contribution in [0.15, 0.2) is 43.0 Å². The first kappa shape index (κ1) is 30.7. The van der Waals surface area contributed by atoms with Crippen LogP contribution in [0.4, 0.5) is 19.0 Å². The Balaban J connectivity index is 1.60. The zero-order chi connectivity index (χ0) is 29.9. The highest BCUT2D eigenvalue weighted by atomic mass is 31.2. The molecule has 224 valence electrons. The smallest absolute Gasteiger partial charge is 0.459 e. The number of carbonyl (C=O) groups excluding carboxylic acids is 1. The number of rotatable bonds is 12. The highest BCUT2D eigenvalue weighted by Crippen LogP contribution is 2.49. The molecule has 1 aliphatic rings. The van der Waals surface area contributed by atoms with E-state index < -0.39 is 63.0 Å². The number of nitrogens with one attached hydrogen (secondary N) is 2. The van der Waals surface area contributed by atoms with Crippen molar-refractivity contribution in [2.75, 3.05) is 19.0 Å². The molecule has 13 nitrogen and oxygen atoms in total. The van der Waals surface area contributed by atoms with Crippen molar-refractivity contribution in [3.8, 4) is 5.75 Å². The van der Waals surface area contributed by atoms with Gasteiger partial charge >= 0.3 is 13.7 Å². The molecular weight excluding hydrogens is 572 g/mol. The molecule has 1 fully saturated rings. The zero-order valence-electron chi connectivity index (χ0n) is 22.5. The molecule has 0 unspecified atom stereocenters. The number of hydrogen-bond donors (Lipinski definition) is 3. The number of anilines is 1. The normalized spacial score (nSPS) is 24.9. The van der Waals surface area contributed by atoms with Crippen LogP contribution in [0.3, 0.4) is 0 Å². The predicted octanol–water partition coefficient (Wildman–Crippen LogP) is 3.23. The Morgan fingerprint density at radius 2 is 1.93 bits per heavy atom. The Labute approximate surface area is 233 Å². The summed E-state index contributed by atoms with van der Waals surface area (Å²) in [6.07, 6.45) is -8.33. The van der Waals surface area contributed by atoms with E-state index in [1.807, 2.05) is 0 Å². The lowest BCUT2D eigenvalue weighted by molar-refractivity contribution is -0.149. The fraction of sp³-hybridized carbons (Fsp3) is 0.500. The molecule has 6 atom stereocenters. The monoisotopic (exact) mass is 602 g/mol. The maximum atomic E-state index is 16.0. The number of alkyl halides is 3. The van der Waals surface area contributed by atoms with E-state index in [1.54, 1.807) is 39.1 Å². The molecule has 0 radical (unpaired) electrons. The van der Waals surface area contributed by atoms with Gasteiger partial charge in [-0.2, -0.15) is 5.09 Å². The second kappa shape index (κ2) is 12.3. The minimum Gasteiger partial charge on any atom is -0.462 e. The summed E-state index contributed by atoms with van der Waals surface area (Å²) in [6.45, 7) is 3.72. The Hall–Kier alpha value is -3.30. The van der Waals surface area contributed by atoms with Gasteiger partial charge in [-0.1, -0.05) is 18.2 Å². The summed E-state index contributed by atoms with van der Waals surface area (Å²) in [5.41, 5.74) is -3.53. The molecule has 0 amide bonds. The van der Waals surface area contributed by atoms with E-state index in [4.69, 9.17) is 18.5 Å². The lowest BCUT2D eigenvalue weighted by atomic mass is 9.96. The van der Waals surface area contributed by atoms with Crippen molar-refractivity contribution in [3.63, 3.8) is 0 Å². The minimum absolute atomic E-state index is 0.0389. The van der Waals surface area contributed by atoms with Gasteiger partial charge in [0.2, 0.25) is 5.67 Å². The molecule has 4 rings (SSSR count). The number of benzene rings is 1. The van der Waals surface area contributed by atoms with E-state index in [0.29, 0.717) is 0 Å². The molecule has 17 heteroatoms. The Bertz CT molecular complexity index is 1400. The molecule has 1 aromatic carbocycles. The number of carbonyl (C=O) groups is 1. The van der Waals surface area contributed by atoms with Gasteiger partial charge in [0.15, 0.2) is 17.7 Å². The summed E-state index contributed by atoms with van der Waals surface area (Å²) >= 11 is 0. The Morgan fingerprint density at radius 3 is 2.56 bits per heavy atom. The molecular formula is C24H30F3N6O7P. The second-order valence-electron chi connectivity index (χ2n) is 9.43. The summed E-state index contributed by atoms with van der Waals surface area (Å²) < 4.78 is 80.5. The number of nitrogens with zero attached hydrogens (tertiary/aromatic N) is 4. The number of esters is 1. The molecule has 1 aliphatic heterocycles. The number of aliphatic hydroxyl groups excluding tert-OH is 1. The molecule has 0 saturated carbocycles. The number of para-hydroxylation sites is 1. The van der Waals surface area contributed by atoms with Crippen LogP contribution in [0.1, 0.15) is 27.0 Å². The van der Waals surface area contributed by atoms with Crippen LogP contribution < -0.4 is 14.9 Å². The Kier molecular flexibility index (Phi) is 9.19. The third-order valence-corrected chi connectivity index (χ3v) is 7.75. The van der Waals surface area contributed by atoms with E-state index in [0.717, 1.165) is 17.2 Å². The zero-order valence-corrected chi connectivity index (χ0v) is 23.4. The van der Waals surface area contributed by atoms with E-state index in [1.165, 1.54) is 19.1 Å². The fourth-order valence-electron chi connectivity index (χ4n) is 4.13. The minimum atomic E-state index is -4.47. The van der Waals surface area contributed by atoms with Crippen molar-refractivity contribution in [3.05, 3.63) is 43.0 Å². The van der Waals surface area contributed by atoms with Gasteiger partial charge in [0.25, 0.3) is 6.43 Å². The number of imidazole rings is 1. The van der Waals surface area contributed by atoms with Crippen molar-refractivity contribution < 1.29 is 46.2 Å². The average molecular weight is 603 g/mol. The van der Waals surface area contributed by atoms with Crippen molar-refractivity contribution in [1.29, 1.82) is 0 Å². The van der Waals surface area contributed by atoms with Gasteiger partial charge in [-0.3, -0.25) is 13.9 Å². The predicted molar refractivity (Wildman–Crippen MR) is 139 cm³/mol. The number of halogens is 3. The van der Waals surface area contributed by atoms with E-state index in [-0.39, 0.29) is 22.7 Å².